The Bertz CT molecular complexity index is 701. The molecule has 0 saturated carbocycles. The van der Waals surface area contributed by atoms with Gasteiger partial charge in [-0.15, -0.1) is 0 Å². The van der Waals surface area contributed by atoms with Crippen LogP contribution < -0.4 is 0 Å². The number of hydrogen-bond acceptors (Lipinski definition) is 5. The molecule has 0 aromatic carbocycles. The minimum absolute atomic E-state index is 0.0890. The molecule has 4 rings (SSSR count). The van der Waals surface area contributed by atoms with Crippen LogP contribution in [-0.2, 0) is 11.3 Å². The Balaban J connectivity index is 1.35. The molecule has 0 spiro atoms. The molecule has 0 radical (unpaired) electrons. The summed E-state index contributed by atoms with van der Waals surface area (Å²) in [6.45, 7) is 5.45. The van der Waals surface area contributed by atoms with Crippen LogP contribution in [0, 0.1) is 12.8 Å². The maximum absolute atomic E-state index is 13.0. The molecule has 2 aromatic rings. The highest BCUT2D eigenvalue weighted by Crippen LogP contribution is 2.34. The van der Waals surface area contributed by atoms with Crippen LogP contribution in [0.15, 0.2) is 33.4 Å². The van der Waals surface area contributed by atoms with E-state index in [4.69, 9.17) is 8.94 Å². The minimum Gasteiger partial charge on any atom is -0.468 e. The van der Waals surface area contributed by atoms with Crippen LogP contribution in [0.3, 0.4) is 0 Å². The van der Waals surface area contributed by atoms with Crippen LogP contribution in [0.25, 0.3) is 0 Å². The Morgan fingerprint density at radius 2 is 2.12 bits per heavy atom. The van der Waals surface area contributed by atoms with Gasteiger partial charge in [0.2, 0.25) is 5.91 Å². The lowest BCUT2D eigenvalue weighted by molar-refractivity contribution is -0.138. The normalized spacial score (nSPS) is 22.6. The van der Waals surface area contributed by atoms with E-state index in [-0.39, 0.29) is 12.0 Å². The third-order valence-electron chi connectivity index (χ3n) is 5.42. The quantitative estimate of drug-likeness (QED) is 0.853. The minimum atomic E-state index is 0.0890. The van der Waals surface area contributed by atoms with Gasteiger partial charge in [-0.1, -0.05) is 5.16 Å². The summed E-state index contributed by atoms with van der Waals surface area (Å²) in [7, 11) is 0. The Morgan fingerprint density at radius 1 is 1.28 bits per heavy atom. The largest absolute Gasteiger partial charge is 0.468 e. The standard InChI is InChI=1S/C19H25N3O3/c1-14-12-17(20-25-14)18-5-2-8-22(18)19(23)15-6-9-21(10-7-15)13-16-4-3-11-24-16/h3-4,11-12,15,18H,2,5-10,13H2,1H3. The smallest absolute Gasteiger partial charge is 0.226 e. The van der Waals surface area contributed by atoms with Crippen LogP contribution in [0.5, 0.6) is 0 Å². The average molecular weight is 343 g/mol. The van der Waals surface area contributed by atoms with Crippen LogP contribution in [-0.4, -0.2) is 40.5 Å². The molecular weight excluding hydrogens is 318 g/mol. The Kier molecular flexibility index (Phi) is 4.61. The number of furan rings is 1. The second-order valence-corrected chi connectivity index (χ2v) is 7.18. The molecule has 2 aromatic heterocycles. The number of aromatic nitrogens is 1. The Morgan fingerprint density at radius 3 is 2.80 bits per heavy atom. The summed E-state index contributed by atoms with van der Waals surface area (Å²) < 4.78 is 10.6. The first-order valence-electron chi connectivity index (χ1n) is 9.19. The third kappa shape index (κ3) is 3.49. The topological polar surface area (TPSA) is 62.7 Å². The number of carbonyl (C=O) groups excluding carboxylic acids is 1. The van der Waals surface area contributed by atoms with Crippen molar-refractivity contribution in [2.75, 3.05) is 19.6 Å². The van der Waals surface area contributed by atoms with Gasteiger partial charge in [-0.3, -0.25) is 9.69 Å². The molecule has 6 heteroatoms. The van der Waals surface area contributed by atoms with Crippen LogP contribution >= 0.6 is 0 Å². The van der Waals surface area contributed by atoms with Crippen molar-refractivity contribution in [2.24, 2.45) is 5.92 Å². The number of amides is 1. The molecule has 4 heterocycles. The maximum Gasteiger partial charge on any atom is 0.226 e. The molecule has 2 aliphatic rings. The average Bonchev–Trinajstić information content (AvgIpc) is 3.36. The summed E-state index contributed by atoms with van der Waals surface area (Å²) in [5, 5.41) is 4.14. The zero-order valence-corrected chi connectivity index (χ0v) is 14.7. The van der Waals surface area contributed by atoms with Crippen molar-refractivity contribution < 1.29 is 13.7 Å². The molecule has 1 unspecified atom stereocenters. The van der Waals surface area contributed by atoms with Gasteiger partial charge in [0.15, 0.2) is 0 Å². The van der Waals surface area contributed by atoms with E-state index in [1.54, 1.807) is 6.26 Å². The number of rotatable bonds is 4. The van der Waals surface area contributed by atoms with E-state index >= 15 is 0 Å². The van der Waals surface area contributed by atoms with Gasteiger partial charge in [-0.25, -0.2) is 0 Å². The van der Waals surface area contributed by atoms with Crippen molar-refractivity contribution >= 4 is 5.91 Å². The molecule has 1 atom stereocenters. The summed E-state index contributed by atoms with van der Waals surface area (Å²) in [4.78, 5) is 17.4. The van der Waals surface area contributed by atoms with Crippen molar-refractivity contribution in [1.82, 2.24) is 15.0 Å². The van der Waals surface area contributed by atoms with Gasteiger partial charge in [0.1, 0.15) is 17.2 Å². The van der Waals surface area contributed by atoms with Gasteiger partial charge in [-0.05, 0) is 57.8 Å². The molecule has 1 amide bonds. The van der Waals surface area contributed by atoms with Crippen molar-refractivity contribution in [1.29, 1.82) is 0 Å². The van der Waals surface area contributed by atoms with E-state index in [1.807, 2.05) is 30.0 Å². The molecule has 2 saturated heterocycles. The van der Waals surface area contributed by atoms with Crippen molar-refractivity contribution in [3.05, 3.63) is 41.7 Å². The fraction of sp³-hybridized carbons (Fsp3) is 0.579. The number of carbonyl (C=O) groups is 1. The van der Waals surface area contributed by atoms with Crippen molar-refractivity contribution in [3.8, 4) is 0 Å². The monoisotopic (exact) mass is 343 g/mol. The number of piperidine rings is 1. The summed E-state index contributed by atoms with van der Waals surface area (Å²) in [6, 6.07) is 5.98. The lowest BCUT2D eigenvalue weighted by Gasteiger charge is -2.34. The Hall–Kier alpha value is -2.08. The van der Waals surface area contributed by atoms with E-state index in [0.29, 0.717) is 5.91 Å². The molecule has 2 aliphatic heterocycles. The number of nitrogens with zero attached hydrogens (tertiary/aromatic N) is 3. The SMILES string of the molecule is Cc1cc(C2CCCN2C(=O)C2CCN(Cc3ccco3)CC2)no1. The van der Waals surface area contributed by atoms with E-state index in [2.05, 4.69) is 10.1 Å². The summed E-state index contributed by atoms with van der Waals surface area (Å²) in [5.74, 6) is 2.22. The molecular formula is C19H25N3O3. The van der Waals surface area contributed by atoms with E-state index < -0.39 is 0 Å². The zero-order chi connectivity index (χ0) is 17.2. The third-order valence-corrected chi connectivity index (χ3v) is 5.42. The molecule has 0 bridgehead atoms. The summed E-state index contributed by atoms with van der Waals surface area (Å²) >= 11 is 0. The van der Waals surface area contributed by atoms with Gasteiger partial charge in [0.25, 0.3) is 0 Å². The number of likely N-dealkylation sites (tertiary alicyclic amines) is 2. The first kappa shape index (κ1) is 16.4. The van der Waals surface area contributed by atoms with Gasteiger partial charge >= 0.3 is 0 Å². The highest BCUT2D eigenvalue weighted by Gasteiger charge is 2.36. The summed E-state index contributed by atoms with van der Waals surface area (Å²) in [5.41, 5.74) is 0.901. The Labute approximate surface area is 147 Å². The first-order chi connectivity index (χ1) is 12.2. The first-order valence-corrected chi connectivity index (χ1v) is 9.19. The van der Waals surface area contributed by atoms with Crippen LogP contribution in [0.4, 0.5) is 0 Å². The van der Waals surface area contributed by atoms with E-state index in [9.17, 15) is 4.79 Å². The van der Waals surface area contributed by atoms with Crippen molar-refractivity contribution in [2.45, 2.75) is 45.2 Å². The predicted octanol–water partition coefficient (Wildman–Crippen LogP) is 3.15. The zero-order valence-electron chi connectivity index (χ0n) is 14.7. The van der Waals surface area contributed by atoms with Gasteiger partial charge in [0.05, 0.1) is 18.8 Å². The van der Waals surface area contributed by atoms with Gasteiger partial charge < -0.3 is 13.8 Å². The lowest BCUT2D eigenvalue weighted by Crippen LogP contribution is -2.42. The molecule has 6 nitrogen and oxygen atoms in total. The second kappa shape index (κ2) is 7.04. The molecule has 134 valence electrons. The van der Waals surface area contributed by atoms with Crippen molar-refractivity contribution in [3.63, 3.8) is 0 Å². The van der Waals surface area contributed by atoms with Gasteiger partial charge in [0, 0.05) is 18.5 Å². The van der Waals surface area contributed by atoms with Crippen LogP contribution in [0.1, 0.15) is 48.9 Å². The number of aryl methyl sites for hydroxylation is 1. The van der Waals surface area contributed by atoms with Crippen LogP contribution in [0.2, 0.25) is 0 Å². The predicted molar refractivity (Wildman–Crippen MR) is 91.6 cm³/mol. The number of hydrogen-bond donors (Lipinski definition) is 0. The van der Waals surface area contributed by atoms with Gasteiger partial charge in [-0.2, -0.15) is 0 Å². The highest BCUT2D eigenvalue weighted by molar-refractivity contribution is 5.79. The molecule has 2 fully saturated rings. The second-order valence-electron chi connectivity index (χ2n) is 7.18. The fourth-order valence-corrected chi connectivity index (χ4v) is 4.08. The fourth-order valence-electron chi connectivity index (χ4n) is 4.08. The maximum atomic E-state index is 13.0. The van der Waals surface area contributed by atoms with E-state index in [1.165, 1.54) is 0 Å². The lowest BCUT2D eigenvalue weighted by atomic mass is 9.94. The summed E-state index contributed by atoms with van der Waals surface area (Å²) in [6.07, 6.45) is 5.57. The molecule has 0 aliphatic carbocycles. The molecule has 0 N–H and O–H groups in total. The highest BCUT2D eigenvalue weighted by atomic mass is 16.5. The van der Waals surface area contributed by atoms with E-state index in [0.717, 1.165) is 69.1 Å². The molecule has 25 heavy (non-hydrogen) atoms.